The maximum absolute atomic E-state index is 13.3. The number of hydrogen-bond acceptors (Lipinski definition) is 4. The van der Waals surface area contributed by atoms with E-state index in [1.807, 2.05) is 66.8 Å². The number of carboxylic acid groups (broad SMARTS) is 1. The van der Waals surface area contributed by atoms with E-state index in [2.05, 4.69) is 5.32 Å². The Labute approximate surface area is 185 Å². The van der Waals surface area contributed by atoms with Crippen molar-refractivity contribution in [3.63, 3.8) is 0 Å². The molecule has 1 aliphatic rings. The highest BCUT2D eigenvalue weighted by Crippen LogP contribution is 2.41. The molecule has 0 radical (unpaired) electrons. The molecule has 2 rings (SSSR count). The summed E-state index contributed by atoms with van der Waals surface area (Å²) in [6, 6.07) is 8.57. The first kappa shape index (κ1) is 23.4. The van der Waals surface area contributed by atoms with Gasteiger partial charge in [0.05, 0.1) is 9.97 Å². The van der Waals surface area contributed by atoms with Crippen LogP contribution < -0.4 is 5.32 Å². The summed E-state index contributed by atoms with van der Waals surface area (Å²) in [4.78, 5) is 39.1. The molecule has 0 saturated carbocycles. The number of aliphatic carboxylic acids is 1. The third-order valence-electron chi connectivity index (χ3n) is 4.82. The van der Waals surface area contributed by atoms with E-state index in [0.29, 0.717) is 0 Å². The van der Waals surface area contributed by atoms with Crippen molar-refractivity contribution in [3.05, 3.63) is 35.9 Å². The van der Waals surface area contributed by atoms with E-state index in [1.54, 1.807) is 25.7 Å². The fourth-order valence-corrected chi connectivity index (χ4v) is 4.76. The summed E-state index contributed by atoms with van der Waals surface area (Å²) < 4.78 is 4.77. The summed E-state index contributed by atoms with van der Waals surface area (Å²) in [6.07, 6.45) is -0.664. The van der Waals surface area contributed by atoms with Crippen LogP contribution in [0.5, 0.6) is 0 Å². The van der Waals surface area contributed by atoms with Crippen molar-refractivity contribution in [2.45, 2.75) is 56.2 Å². The highest BCUT2D eigenvalue weighted by molar-refractivity contribution is 14.1. The van der Waals surface area contributed by atoms with Crippen molar-refractivity contribution >= 4 is 40.6 Å². The van der Waals surface area contributed by atoms with E-state index in [-0.39, 0.29) is 24.3 Å². The monoisotopic (exact) mass is 516 g/mol. The van der Waals surface area contributed by atoms with Crippen molar-refractivity contribution in [1.29, 1.82) is 0 Å². The Bertz CT molecular complexity index is 747. The Morgan fingerprint density at radius 3 is 2.28 bits per heavy atom. The van der Waals surface area contributed by atoms with Gasteiger partial charge in [-0.15, -0.1) is 0 Å². The SMILES string of the molecule is CC(C)C(NC(=O)OC(C)(C)C)C(=O)N1C[C@H](c2ccccc2)[C@H](C(=O)O)C1I. The molecule has 0 aromatic heterocycles. The van der Waals surface area contributed by atoms with Gasteiger partial charge in [0, 0.05) is 12.5 Å². The van der Waals surface area contributed by atoms with Crippen LogP contribution in [-0.4, -0.2) is 50.2 Å². The van der Waals surface area contributed by atoms with Crippen LogP contribution in [0.1, 0.15) is 46.1 Å². The van der Waals surface area contributed by atoms with Gasteiger partial charge in [-0.3, -0.25) is 9.59 Å². The highest BCUT2D eigenvalue weighted by atomic mass is 127. The van der Waals surface area contributed by atoms with Crippen LogP contribution in [0.15, 0.2) is 30.3 Å². The molecule has 1 fully saturated rings. The predicted octanol–water partition coefficient (Wildman–Crippen LogP) is 3.62. The molecule has 2 amide bonds. The molecule has 1 saturated heterocycles. The first-order valence-corrected chi connectivity index (χ1v) is 10.9. The summed E-state index contributed by atoms with van der Waals surface area (Å²) >= 11 is 2.02. The zero-order chi connectivity index (χ0) is 21.9. The molecule has 8 heteroatoms. The lowest BCUT2D eigenvalue weighted by Crippen LogP contribution is -2.53. The smallest absolute Gasteiger partial charge is 0.408 e. The standard InChI is InChI=1S/C21H29IN2O5/c1-12(2)16(23-20(28)29-21(3,4)5)18(25)24-11-14(13-9-7-6-8-10-13)15(17(24)22)19(26)27/h6-10,12,14-17H,11H2,1-5H3,(H,23,28)(H,26,27)/t14-,15+,16?,17?/m1/s1. The Balaban J connectivity index is 2.25. The van der Waals surface area contributed by atoms with Crippen LogP contribution in [0.4, 0.5) is 4.79 Å². The van der Waals surface area contributed by atoms with E-state index < -0.39 is 33.7 Å². The molecule has 2 unspecified atom stereocenters. The maximum atomic E-state index is 13.3. The summed E-state index contributed by atoms with van der Waals surface area (Å²) in [5.74, 6) is -2.45. The number of amides is 2. The minimum atomic E-state index is -0.935. The van der Waals surface area contributed by atoms with Gasteiger partial charge in [-0.2, -0.15) is 0 Å². The molecule has 1 aromatic carbocycles. The second kappa shape index (κ2) is 9.32. The first-order chi connectivity index (χ1) is 13.4. The topological polar surface area (TPSA) is 95.9 Å². The number of ether oxygens (including phenoxy) is 1. The molecule has 160 valence electrons. The average Bonchev–Trinajstić information content (AvgIpc) is 2.95. The lowest BCUT2D eigenvalue weighted by atomic mass is 9.89. The molecule has 1 aromatic rings. The van der Waals surface area contributed by atoms with Crippen LogP contribution in [0.25, 0.3) is 0 Å². The summed E-state index contributed by atoms with van der Waals surface area (Å²) in [5.41, 5.74) is 0.207. The first-order valence-electron chi connectivity index (χ1n) is 9.64. The van der Waals surface area contributed by atoms with Gasteiger partial charge in [-0.1, -0.05) is 66.8 Å². The lowest BCUT2D eigenvalue weighted by Gasteiger charge is -2.30. The lowest BCUT2D eigenvalue weighted by molar-refractivity contribution is -0.142. The Hall–Kier alpha value is -1.84. The van der Waals surface area contributed by atoms with Crippen LogP contribution in [0.3, 0.4) is 0 Å². The number of halogens is 1. The highest BCUT2D eigenvalue weighted by Gasteiger charge is 2.48. The number of alkyl halides is 1. The molecular formula is C21H29IN2O5. The van der Waals surface area contributed by atoms with Gasteiger partial charge in [-0.05, 0) is 32.3 Å². The van der Waals surface area contributed by atoms with E-state index in [9.17, 15) is 19.5 Å². The summed E-state index contributed by atoms with van der Waals surface area (Å²) in [6.45, 7) is 9.21. The molecule has 0 spiro atoms. The second-order valence-corrected chi connectivity index (χ2v) is 9.89. The zero-order valence-corrected chi connectivity index (χ0v) is 19.5. The van der Waals surface area contributed by atoms with Gasteiger partial charge < -0.3 is 20.1 Å². The van der Waals surface area contributed by atoms with Gasteiger partial charge in [0.15, 0.2) is 0 Å². The average molecular weight is 516 g/mol. The number of hydrogen-bond donors (Lipinski definition) is 2. The fraction of sp³-hybridized carbons (Fsp3) is 0.571. The normalized spacial score (nSPS) is 23.0. The van der Waals surface area contributed by atoms with Crippen molar-refractivity contribution in [2.24, 2.45) is 11.8 Å². The van der Waals surface area contributed by atoms with Gasteiger partial charge in [-0.25, -0.2) is 4.79 Å². The number of carbonyl (C=O) groups is 3. The number of nitrogens with zero attached hydrogens (tertiary/aromatic N) is 1. The predicted molar refractivity (Wildman–Crippen MR) is 118 cm³/mol. The van der Waals surface area contributed by atoms with Crippen LogP contribution in [0.2, 0.25) is 0 Å². The third kappa shape index (κ3) is 5.83. The Morgan fingerprint density at radius 1 is 1.21 bits per heavy atom. The number of carboxylic acids is 1. The van der Waals surface area contributed by atoms with E-state index >= 15 is 0 Å². The van der Waals surface area contributed by atoms with Gasteiger partial charge in [0.1, 0.15) is 11.6 Å². The zero-order valence-electron chi connectivity index (χ0n) is 17.4. The van der Waals surface area contributed by atoms with E-state index in [1.165, 1.54) is 0 Å². The van der Waals surface area contributed by atoms with Crippen molar-refractivity contribution in [2.75, 3.05) is 6.54 Å². The molecular weight excluding hydrogens is 487 g/mol. The summed E-state index contributed by atoms with van der Waals surface area (Å²) in [7, 11) is 0. The Kier molecular flexibility index (Phi) is 7.53. The van der Waals surface area contributed by atoms with Crippen molar-refractivity contribution < 1.29 is 24.2 Å². The fourth-order valence-electron chi connectivity index (χ4n) is 3.45. The number of carbonyl (C=O) groups excluding carboxylic acids is 2. The number of likely N-dealkylation sites (tertiary alicyclic amines) is 1. The van der Waals surface area contributed by atoms with E-state index in [4.69, 9.17) is 4.74 Å². The molecule has 29 heavy (non-hydrogen) atoms. The molecule has 7 nitrogen and oxygen atoms in total. The molecule has 4 atom stereocenters. The third-order valence-corrected chi connectivity index (χ3v) is 6.27. The Morgan fingerprint density at radius 2 is 1.79 bits per heavy atom. The number of rotatable bonds is 5. The molecule has 0 aliphatic carbocycles. The minimum Gasteiger partial charge on any atom is -0.481 e. The number of nitrogens with one attached hydrogen (secondary N) is 1. The molecule has 1 aliphatic heterocycles. The van der Waals surface area contributed by atoms with Gasteiger partial charge in [0.25, 0.3) is 0 Å². The van der Waals surface area contributed by atoms with Crippen LogP contribution in [-0.2, 0) is 14.3 Å². The molecule has 2 N–H and O–H groups in total. The molecule has 1 heterocycles. The molecule has 0 bridgehead atoms. The maximum Gasteiger partial charge on any atom is 0.408 e. The quantitative estimate of drug-likeness (QED) is 0.354. The van der Waals surface area contributed by atoms with Crippen LogP contribution >= 0.6 is 22.6 Å². The van der Waals surface area contributed by atoms with Crippen LogP contribution in [0, 0.1) is 11.8 Å². The van der Waals surface area contributed by atoms with Crippen molar-refractivity contribution in [1.82, 2.24) is 10.2 Å². The van der Waals surface area contributed by atoms with Gasteiger partial charge >= 0.3 is 12.1 Å². The van der Waals surface area contributed by atoms with E-state index in [0.717, 1.165) is 5.56 Å². The van der Waals surface area contributed by atoms with Gasteiger partial charge in [0.2, 0.25) is 5.91 Å². The summed E-state index contributed by atoms with van der Waals surface area (Å²) in [5, 5.41) is 12.5. The second-order valence-electron chi connectivity index (χ2n) is 8.61. The largest absolute Gasteiger partial charge is 0.481 e. The van der Waals surface area contributed by atoms with Crippen molar-refractivity contribution in [3.8, 4) is 0 Å². The number of benzene rings is 1. The minimum absolute atomic E-state index is 0.183. The number of alkyl carbamates (subject to hydrolysis) is 1.